The van der Waals surface area contributed by atoms with Crippen LogP contribution in [-0.4, -0.2) is 78.0 Å². The molecule has 0 saturated carbocycles. The van der Waals surface area contributed by atoms with Gasteiger partial charge in [0, 0.05) is 17.2 Å². The fourth-order valence-electron chi connectivity index (χ4n) is 3.79. The van der Waals surface area contributed by atoms with Gasteiger partial charge >= 0.3 is 18.0 Å². The number of nitrogens with one attached hydrogen (secondary N) is 2. The van der Waals surface area contributed by atoms with Gasteiger partial charge in [-0.3, -0.25) is 19.3 Å². The van der Waals surface area contributed by atoms with E-state index in [-0.39, 0.29) is 28.3 Å². The minimum atomic E-state index is -1.31. The number of benzene rings is 1. The maximum absolute atomic E-state index is 12.9. The van der Waals surface area contributed by atoms with Crippen LogP contribution in [0.15, 0.2) is 45.2 Å². The first-order valence-electron chi connectivity index (χ1n) is 10.8. The van der Waals surface area contributed by atoms with Crippen LogP contribution in [0.25, 0.3) is 0 Å². The molecule has 0 spiro atoms. The molecule has 2 aliphatic heterocycles. The maximum atomic E-state index is 12.9. The summed E-state index contributed by atoms with van der Waals surface area (Å²) in [5.74, 6) is -3.43. The summed E-state index contributed by atoms with van der Waals surface area (Å²) in [5, 5.41) is 30.3. The second-order valence-corrected chi connectivity index (χ2v) is 10.1. The molecule has 0 radical (unpaired) electrons. The second-order valence-electron chi connectivity index (χ2n) is 8.07. The van der Waals surface area contributed by atoms with Gasteiger partial charge in [-0.2, -0.15) is 0 Å². The highest BCUT2D eigenvalue weighted by Crippen LogP contribution is 2.41. The van der Waals surface area contributed by atoms with Gasteiger partial charge in [0.05, 0.1) is 0 Å². The van der Waals surface area contributed by atoms with Crippen molar-refractivity contribution in [2.24, 2.45) is 11.5 Å². The maximum Gasteiger partial charge on any atom is 0.352 e. The van der Waals surface area contributed by atoms with Crippen LogP contribution in [0.1, 0.15) is 17.5 Å². The van der Waals surface area contributed by atoms with E-state index in [1.54, 1.807) is 18.2 Å². The zero-order chi connectivity index (χ0) is 27.6. The molecule has 4 rings (SSSR count). The van der Waals surface area contributed by atoms with Crippen LogP contribution in [0.4, 0.5) is 10.5 Å². The Kier molecular flexibility index (Phi) is 7.88. The fraction of sp³-hybridized carbons (Fsp3) is 0.286. The molecule has 0 bridgehead atoms. The highest BCUT2D eigenvalue weighted by Gasteiger charge is 2.54. The first kappa shape index (κ1) is 27.0. The van der Waals surface area contributed by atoms with Crippen molar-refractivity contribution in [1.82, 2.24) is 20.4 Å². The molecule has 8 N–H and O–H groups in total. The molecule has 4 amide bonds. The number of urea groups is 1. The van der Waals surface area contributed by atoms with E-state index in [0.29, 0.717) is 16.8 Å². The van der Waals surface area contributed by atoms with Crippen LogP contribution in [-0.2, 0) is 25.6 Å². The standard InChI is InChI=1S/C21H21N7O8S2/c22-13(8-2-1-3-10(4-8)24-20(23)35)16(31)25-14-17(32)28-15(19(33)34)9(6-37-18(14)28)7-38-21-27-26-11(36-21)5-12(29)30/h1-4,13-14,18H,5-7,22H2,(H,25,31)(H,29,30)(H,33,34)(H3,23,24,35)/t13?,14?,18-/m1/s1. The largest absolute Gasteiger partial charge is 0.481 e. The summed E-state index contributed by atoms with van der Waals surface area (Å²) < 4.78 is 5.23. The van der Waals surface area contributed by atoms with E-state index in [9.17, 15) is 29.1 Å². The molecular formula is C21H21N7O8S2. The summed E-state index contributed by atoms with van der Waals surface area (Å²) in [4.78, 5) is 60.7. The summed E-state index contributed by atoms with van der Waals surface area (Å²) in [7, 11) is 0. The van der Waals surface area contributed by atoms with Crippen LogP contribution in [0.2, 0.25) is 0 Å². The monoisotopic (exact) mass is 563 g/mol. The molecule has 2 unspecified atom stereocenters. The summed E-state index contributed by atoms with van der Waals surface area (Å²) in [6.45, 7) is 0. The van der Waals surface area contributed by atoms with E-state index in [1.807, 2.05) is 0 Å². The third kappa shape index (κ3) is 5.74. The Labute approximate surface area is 222 Å². The summed E-state index contributed by atoms with van der Waals surface area (Å²) in [6.07, 6.45) is -0.442. The minimum Gasteiger partial charge on any atom is -0.481 e. The number of hydrogen-bond acceptors (Lipinski definition) is 11. The van der Waals surface area contributed by atoms with Crippen LogP contribution >= 0.6 is 23.5 Å². The molecular weight excluding hydrogens is 542 g/mol. The molecule has 0 aliphatic carbocycles. The third-order valence-corrected chi connectivity index (χ3v) is 7.71. The van der Waals surface area contributed by atoms with Gasteiger partial charge in [0.25, 0.3) is 11.1 Å². The lowest BCUT2D eigenvalue weighted by Crippen LogP contribution is -2.71. The van der Waals surface area contributed by atoms with Crippen molar-refractivity contribution < 1.29 is 38.6 Å². The summed E-state index contributed by atoms with van der Waals surface area (Å²) in [5.41, 5.74) is 12.1. The molecule has 2 aromatic rings. The number of hydrogen-bond donors (Lipinski definition) is 6. The molecule has 3 heterocycles. The van der Waals surface area contributed by atoms with Gasteiger partial charge in [-0.25, -0.2) is 9.59 Å². The Bertz CT molecular complexity index is 1350. The molecule has 1 aromatic carbocycles. The van der Waals surface area contributed by atoms with Crippen molar-refractivity contribution in [2.75, 3.05) is 16.8 Å². The quantitative estimate of drug-likeness (QED) is 0.161. The normalized spacial score (nSPS) is 19.3. The number of β-lactam (4-membered cyclic amide) rings is 1. The van der Waals surface area contributed by atoms with E-state index in [4.69, 9.17) is 21.0 Å². The van der Waals surface area contributed by atoms with Gasteiger partial charge in [-0.15, -0.1) is 22.0 Å². The number of aliphatic carboxylic acids is 2. The van der Waals surface area contributed by atoms with Gasteiger partial charge in [0.15, 0.2) is 0 Å². The molecule has 3 atom stereocenters. The average molecular weight is 564 g/mol. The van der Waals surface area contributed by atoms with Crippen molar-refractivity contribution in [1.29, 1.82) is 0 Å². The number of nitrogens with two attached hydrogens (primary N) is 2. The van der Waals surface area contributed by atoms with Crippen molar-refractivity contribution in [2.45, 2.75) is 29.1 Å². The highest BCUT2D eigenvalue weighted by atomic mass is 32.2. The lowest BCUT2D eigenvalue weighted by molar-refractivity contribution is -0.150. The van der Waals surface area contributed by atoms with Gasteiger partial charge in [-0.1, -0.05) is 23.9 Å². The average Bonchev–Trinajstić information content (AvgIpc) is 3.30. The molecule has 15 nitrogen and oxygen atoms in total. The first-order valence-corrected chi connectivity index (χ1v) is 12.9. The number of amides is 4. The van der Waals surface area contributed by atoms with Crippen molar-refractivity contribution in [3.63, 3.8) is 0 Å². The van der Waals surface area contributed by atoms with E-state index < -0.39 is 53.7 Å². The predicted octanol–water partition coefficient (Wildman–Crippen LogP) is -0.282. The second kappa shape index (κ2) is 11.1. The molecule has 1 aromatic heterocycles. The van der Waals surface area contributed by atoms with Crippen LogP contribution < -0.4 is 22.1 Å². The Balaban J connectivity index is 1.42. The van der Waals surface area contributed by atoms with E-state index in [2.05, 4.69) is 20.8 Å². The number of primary amides is 1. The minimum absolute atomic E-state index is 0.0646. The zero-order valence-corrected chi connectivity index (χ0v) is 21.0. The Hall–Kier alpha value is -4.09. The number of fused-ring (bicyclic) bond motifs is 1. The molecule has 17 heteroatoms. The predicted molar refractivity (Wildman–Crippen MR) is 133 cm³/mol. The number of rotatable bonds is 10. The molecule has 1 fully saturated rings. The fourth-order valence-corrected chi connectivity index (χ4v) is 6.05. The summed E-state index contributed by atoms with van der Waals surface area (Å²) >= 11 is 2.29. The summed E-state index contributed by atoms with van der Waals surface area (Å²) in [6, 6.07) is 3.26. The van der Waals surface area contributed by atoms with Crippen LogP contribution in [0.5, 0.6) is 0 Å². The number of thioether (sulfide) groups is 2. The third-order valence-electron chi connectivity index (χ3n) is 5.46. The van der Waals surface area contributed by atoms with Gasteiger partial charge in [0.1, 0.15) is 29.6 Å². The van der Waals surface area contributed by atoms with Crippen molar-refractivity contribution in [3.05, 3.63) is 47.0 Å². The van der Waals surface area contributed by atoms with Gasteiger partial charge in [0.2, 0.25) is 11.8 Å². The molecule has 38 heavy (non-hydrogen) atoms. The Morgan fingerprint density at radius 2 is 2.03 bits per heavy atom. The first-order chi connectivity index (χ1) is 18.0. The topological polar surface area (TPSA) is 244 Å². The van der Waals surface area contributed by atoms with Crippen molar-refractivity contribution in [3.8, 4) is 0 Å². The SMILES string of the molecule is NC(=O)Nc1cccc(C(N)C(=O)NC2C(=O)N3C(C(=O)O)=C(CSc4nnc(CC(=O)O)o4)CS[C@H]23)c1. The van der Waals surface area contributed by atoms with E-state index in [0.717, 1.165) is 16.7 Å². The molecule has 200 valence electrons. The van der Waals surface area contributed by atoms with Crippen LogP contribution in [0.3, 0.4) is 0 Å². The number of carbonyl (C=O) groups excluding carboxylic acids is 3. The molecule has 2 aliphatic rings. The number of nitrogens with zero attached hydrogens (tertiary/aromatic N) is 3. The van der Waals surface area contributed by atoms with Crippen molar-refractivity contribution >= 4 is 59.0 Å². The number of anilines is 1. The Morgan fingerprint density at radius 1 is 1.26 bits per heavy atom. The van der Waals surface area contributed by atoms with Gasteiger partial charge in [-0.05, 0) is 23.3 Å². The number of carbonyl (C=O) groups is 5. The highest BCUT2D eigenvalue weighted by molar-refractivity contribution is 8.01. The van der Waals surface area contributed by atoms with E-state index in [1.165, 1.54) is 17.8 Å². The van der Waals surface area contributed by atoms with E-state index >= 15 is 0 Å². The van der Waals surface area contributed by atoms with Crippen LogP contribution in [0, 0.1) is 0 Å². The smallest absolute Gasteiger partial charge is 0.352 e. The lowest BCUT2D eigenvalue weighted by atomic mass is 10.0. The number of aromatic nitrogens is 2. The number of carboxylic acid groups (broad SMARTS) is 2. The number of carboxylic acids is 2. The Morgan fingerprint density at radius 3 is 2.71 bits per heavy atom. The van der Waals surface area contributed by atoms with Gasteiger partial charge < -0.3 is 36.7 Å². The lowest BCUT2D eigenvalue weighted by Gasteiger charge is -2.49. The zero-order valence-electron chi connectivity index (χ0n) is 19.3. The molecule has 1 saturated heterocycles.